The summed E-state index contributed by atoms with van der Waals surface area (Å²) in [6.45, 7) is 9.96. The van der Waals surface area contributed by atoms with Crippen LogP contribution < -0.4 is 0 Å². The normalized spacial score (nSPS) is 15.2. The summed E-state index contributed by atoms with van der Waals surface area (Å²) in [6.07, 6.45) is 0.806. The molecule has 0 fully saturated rings. The third-order valence-corrected chi connectivity index (χ3v) is 5.98. The number of Topliss-reactive ketones (excluding diaryl/α,β-unsaturated/α-hetero) is 4. The van der Waals surface area contributed by atoms with Crippen molar-refractivity contribution in [2.45, 2.75) is 53.9 Å². The van der Waals surface area contributed by atoms with E-state index < -0.39 is 0 Å². The Morgan fingerprint density at radius 2 is 1.23 bits per heavy atom. The van der Waals surface area contributed by atoms with Gasteiger partial charge in [-0.3, -0.25) is 19.2 Å². The minimum absolute atomic E-state index is 0.0436. The summed E-state index contributed by atoms with van der Waals surface area (Å²) in [7, 11) is 0. The van der Waals surface area contributed by atoms with Crippen molar-refractivity contribution in [3.63, 3.8) is 0 Å². The fourth-order valence-corrected chi connectivity index (χ4v) is 4.53. The lowest BCUT2D eigenvalue weighted by Gasteiger charge is -2.18. The second-order valence-electron chi connectivity index (χ2n) is 7.97. The number of benzene rings is 2. The topological polar surface area (TPSA) is 68.3 Å². The summed E-state index contributed by atoms with van der Waals surface area (Å²) >= 11 is 0. The van der Waals surface area contributed by atoms with Crippen molar-refractivity contribution in [3.8, 4) is 0 Å². The van der Waals surface area contributed by atoms with Crippen molar-refractivity contribution < 1.29 is 19.2 Å². The first-order chi connectivity index (χ1) is 14.1. The predicted molar refractivity (Wildman–Crippen MR) is 118 cm³/mol. The van der Waals surface area contributed by atoms with Gasteiger partial charge in [-0.15, -0.1) is 0 Å². The molecule has 0 N–H and O–H groups in total. The summed E-state index contributed by atoms with van der Waals surface area (Å²) in [6, 6.07) is 9.08. The highest BCUT2D eigenvalue weighted by Gasteiger charge is 2.31. The smallest absolute Gasteiger partial charge is 0.160 e. The lowest BCUT2D eigenvalue weighted by molar-refractivity contribution is 0.0980. The molecular formula is C26H26O4. The molecule has 0 saturated carbocycles. The molecule has 0 heterocycles. The van der Waals surface area contributed by atoms with Gasteiger partial charge in [-0.05, 0) is 87.1 Å². The van der Waals surface area contributed by atoms with E-state index in [1.54, 1.807) is 12.1 Å². The van der Waals surface area contributed by atoms with Gasteiger partial charge >= 0.3 is 0 Å². The highest BCUT2D eigenvalue weighted by molar-refractivity contribution is 6.11. The molecule has 0 spiro atoms. The third kappa shape index (κ3) is 3.47. The minimum atomic E-state index is -0.151. The van der Waals surface area contributed by atoms with Crippen LogP contribution in [0.25, 0.3) is 11.1 Å². The molecule has 3 rings (SSSR count). The molecular weight excluding hydrogens is 376 g/mol. The van der Waals surface area contributed by atoms with Crippen molar-refractivity contribution in [3.05, 3.63) is 69.3 Å². The van der Waals surface area contributed by atoms with Gasteiger partial charge in [-0.1, -0.05) is 19.1 Å². The van der Waals surface area contributed by atoms with Gasteiger partial charge in [0, 0.05) is 28.2 Å². The number of hydrogen-bond donors (Lipinski definition) is 0. The zero-order valence-electron chi connectivity index (χ0n) is 18.3. The van der Waals surface area contributed by atoms with Crippen molar-refractivity contribution in [2.75, 3.05) is 0 Å². The first-order valence-electron chi connectivity index (χ1n) is 10.2. The first kappa shape index (κ1) is 21.6. The van der Waals surface area contributed by atoms with Gasteiger partial charge in [0.1, 0.15) is 0 Å². The highest BCUT2D eigenvalue weighted by atomic mass is 16.1. The van der Waals surface area contributed by atoms with Crippen LogP contribution in [0.4, 0.5) is 0 Å². The Morgan fingerprint density at radius 3 is 1.73 bits per heavy atom. The Bertz CT molecular complexity index is 1150. The number of fused-ring (bicyclic) bond motifs is 1. The Kier molecular flexibility index (Phi) is 5.71. The number of carbonyl (C=O) groups is 4. The molecule has 2 aromatic rings. The molecule has 0 amide bonds. The van der Waals surface area contributed by atoms with Crippen molar-refractivity contribution >= 4 is 34.3 Å². The summed E-state index contributed by atoms with van der Waals surface area (Å²) in [4.78, 5) is 48.5. The third-order valence-electron chi connectivity index (χ3n) is 5.98. The average Bonchev–Trinajstić information content (AvgIpc) is 2.97. The van der Waals surface area contributed by atoms with E-state index in [0.29, 0.717) is 22.3 Å². The van der Waals surface area contributed by atoms with Gasteiger partial charge < -0.3 is 0 Å². The van der Waals surface area contributed by atoms with E-state index in [4.69, 9.17) is 0 Å². The molecule has 2 aromatic carbocycles. The molecule has 1 aliphatic carbocycles. The molecule has 4 heteroatoms. The van der Waals surface area contributed by atoms with E-state index in [9.17, 15) is 19.2 Å². The van der Waals surface area contributed by atoms with E-state index in [1.165, 1.54) is 27.7 Å². The maximum Gasteiger partial charge on any atom is 0.160 e. The van der Waals surface area contributed by atoms with Gasteiger partial charge in [-0.25, -0.2) is 0 Å². The van der Waals surface area contributed by atoms with Crippen LogP contribution in [0.3, 0.4) is 0 Å². The van der Waals surface area contributed by atoms with Gasteiger partial charge in [0.15, 0.2) is 23.1 Å². The van der Waals surface area contributed by atoms with E-state index in [1.807, 2.05) is 25.1 Å². The van der Waals surface area contributed by atoms with Gasteiger partial charge in [0.05, 0.1) is 0 Å². The van der Waals surface area contributed by atoms with Crippen LogP contribution in [-0.2, 0) is 0 Å². The zero-order chi connectivity index (χ0) is 22.3. The molecule has 1 unspecified atom stereocenters. The SMILES string of the molecule is CCC1C(c2ccc(C(C)=O)c(C(C)=O)c2)=C(C)c2cc(C(C)=O)c(C(C)=O)cc21. The summed E-state index contributed by atoms with van der Waals surface area (Å²) in [5.74, 6) is -0.518. The maximum absolute atomic E-state index is 12.2. The number of ketones is 4. The van der Waals surface area contributed by atoms with Gasteiger partial charge in [-0.2, -0.15) is 0 Å². The van der Waals surface area contributed by atoms with Gasteiger partial charge in [0.25, 0.3) is 0 Å². The zero-order valence-corrected chi connectivity index (χ0v) is 18.3. The fourth-order valence-electron chi connectivity index (χ4n) is 4.53. The first-order valence-corrected chi connectivity index (χ1v) is 10.2. The lowest BCUT2D eigenvalue weighted by Crippen LogP contribution is -2.08. The number of rotatable bonds is 6. The number of hydrogen-bond acceptors (Lipinski definition) is 4. The van der Waals surface area contributed by atoms with Crippen LogP contribution in [-0.4, -0.2) is 23.1 Å². The van der Waals surface area contributed by atoms with Crippen molar-refractivity contribution in [2.24, 2.45) is 0 Å². The fraction of sp³-hybridized carbons (Fsp3) is 0.308. The standard InChI is InChI=1S/C26H26O4/c1-7-19-25-12-24(17(6)30)23(16(5)29)11-21(25)13(2)26(19)18-8-9-20(14(3)27)22(10-18)15(4)28/h8-12,19H,7H2,1-6H3. The summed E-state index contributed by atoms with van der Waals surface area (Å²) in [5.41, 5.74) is 6.70. The molecule has 0 aliphatic heterocycles. The van der Waals surface area contributed by atoms with E-state index in [-0.39, 0.29) is 29.1 Å². The molecule has 0 saturated heterocycles. The second-order valence-corrected chi connectivity index (χ2v) is 7.97. The average molecular weight is 402 g/mol. The van der Waals surface area contributed by atoms with Crippen LogP contribution in [0.2, 0.25) is 0 Å². The van der Waals surface area contributed by atoms with Crippen LogP contribution in [0.15, 0.2) is 30.3 Å². The largest absolute Gasteiger partial charge is 0.294 e. The van der Waals surface area contributed by atoms with Crippen LogP contribution >= 0.6 is 0 Å². The molecule has 30 heavy (non-hydrogen) atoms. The highest BCUT2D eigenvalue weighted by Crippen LogP contribution is 2.49. The molecule has 1 atom stereocenters. The van der Waals surface area contributed by atoms with E-state index >= 15 is 0 Å². The molecule has 154 valence electrons. The second kappa shape index (κ2) is 7.94. The van der Waals surface area contributed by atoms with Crippen LogP contribution in [0, 0.1) is 0 Å². The molecule has 4 nitrogen and oxygen atoms in total. The Balaban J connectivity index is 2.26. The Hall–Kier alpha value is -3.14. The molecule has 0 bridgehead atoms. The number of allylic oxidation sites excluding steroid dienone is 2. The van der Waals surface area contributed by atoms with Crippen molar-refractivity contribution in [1.82, 2.24) is 0 Å². The molecule has 0 aromatic heterocycles. The van der Waals surface area contributed by atoms with Crippen LogP contribution in [0.1, 0.15) is 112 Å². The quantitative estimate of drug-likeness (QED) is 0.561. The monoisotopic (exact) mass is 402 g/mol. The predicted octanol–water partition coefficient (Wildman–Crippen LogP) is 5.93. The minimum Gasteiger partial charge on any atom is -0.294 e. The van der Waals surface area contributed by atoms with Gasteiger partial charge in [0.2, 0.25) is 0 Å². The number of carbonyl (C=O) groups excluding carboxylic acids is 4. The molecule has 1 aliphatic rings. The Labute approximate surface area is 177 Å². The summed E-state index contributed by atoms with van der Waals surface area (Å²) < 4.78 is 0. The van der Waals surface area contributed by atoms with Crippen molar-refractivity contribution in [1.29, 1.82) is 0 Å². The maximum atomic E-state index is 12.2. The van der Waals surface area contributed by atoms with Crippen LogP contribution in [0.5, 0.6) is 0 Å². The van der Waals surface area contributed by atoms with E-state index in [2.05, 4.69) is 6.92 Å². The lowest BCUT2D eigenvalue weighted by atomic mass is 9.85. The Morgan fingerprint density at radius 1 is 0.733 bits per heavy atom. The summed E-state index contributed by atoms with van der Waals surface area (Å²) in [5, 5.41) is 0. The molecule has 0 radical (unpaired) electrons. The van der Waals surface area contributed by atoms with E-state index in [0.717, 1.165) is 34.3 Å².